The van der Waals surface area contributed by atoms with E-state index < -0.39 is 17.7 Å². The van der Waals surface area contributed by atoms with Crippen molar-refractivity contribution in [2.75, 3.05) is 31.8 Å². The zero-order valence-corrected chi connectivity index (χ0v) is 12.4. The molecule has 1 aromatic carbocycles. The highest BCUT2D eigenvalue weighted by Gasteiger charge is 2.33. The van der Waals surface area contributed by atoms with Crippen molar-refractivity contribution in [1.82, 2.24) is 0 Å². The molecule has 0 unspecified atom stereocenters. The van der Waals surface area contributed by atoms with Gasteiger partial charge in [-0.25, -0.2) is 4.79 Å². The summed E-state index contributed by atoms with van der Waals surface area (Å²) in [5, 5.41) is 0. The van der Waals surface area contributed by atoms with E-state index in [-0.39, 0.29) is 11.6 Å². The van der Waals surface area contributed by atoms with E-state index in [2.05, 4.69) is 4.74 Å². The van der Waals surface area contributed by atoms with Crippen LogP contribution in [0.25, 0.3) is 0 Å². The molecular formula is C15H18F3NO3. The fraction of sp³-hybridized carbons (Fsp3) is 0.533. The summed E-state index contributed by atoms with van der Waals surface area (Å²) >= 11 is 0. The number of ether oxygens (including phenoxy) is 2. The lowest BCUT2D eigenvalue weighted by molar-refractivity contribution is -0.137. The number of esters is 1. The monoisotopic (exact) mass is 317 g/mol. The normalized spacial score (nSPS) is 18.3. The van der Waals surface area contributed by atoms with Crippen LogP contribution in [0.3, 0.4) is 0 Å². The van der Waals surface area contributed by atoms with Gasteiger partial charge < -0.3 is 14.4 Å². The Bertz CT molecular complexity index is 539. The second-order valence-corrected chi connectivity index (χ2v) is 5.02. The highest BCUT2D eigenvalue weighted by atomic mass is 19.4. The third kappa shape index (κ3) is 3.35. The molecule has 2 rings (SSSR count). The first-order valence-corrected chi connectivity index (χ1v) is 7.02. The molecule has 1 aromatic rings. The van der Waals surface area contributed by atoms with E-state index in [1.54, 1.807) is 0 Å². The summed E-state index contributed by atoms with van der Waals surface area (Å²) in [6.45, 7) is 3.55. The predicted molar refractivity (Wildman–Crippen MR) is 75.0 cm³/mol. The molecule has 0 spiro atoms. The van der Waals surface area contributed by atoms with Crippen molar-refractivity contribution in [1.29, 1.82) is 0 Å². The van der Waals surface area contributed by atoms with Gasteiger partial charge in [0.25, 0.3) is 0 Å². The fourth-order valence-electron chi connectivity index (χ4n) is 2.63. The van der Waals surface area contributed by atoms with Crippen molar-refractivity contribution in [3.63, 3.8) is 0 Å². The Hall–Kier alpha value is -1.76. The molecule has 4 nitrogen and oxygen atoms in total. The summed E-state index contributed by atoms with van der Waals surface area (Å²) in [5.74, 6) is -0.779. The maximum atomic E-state index is 12.9. The summed E-state index contributed by atoms with van der Waals surface area (Å²) in [6, 6.07) is 3.21. The molecule has 0 aromatic heterocycles. The Kier molecular flexibility index (Phi) is 4.95. The molecule has 1 aliphatic rings. The molecule has 1 saturated heterocycles. The topological polar surface area (TPSA) is 38.8 Å². The first-order valence-electron chi connectivity index (χ1n) is 7.02. The number of rotatable bonds is 4. The Morgan fingerprint density at radius 3 is 2.68 bits per heavy atom. The van der Waals surface area contributed by atoms with E-state index in [0.29, 0.717) is 25.4 Å². The predicted octanol–water partition coefficient (Wildman–Crippen LogP) is 3.11. The van der Waals surface area contributed by atoms with Gasteiger partial charge in [0.1, 0.15) is 0 Å². The zero-order chi connectivity index (χ0) is 16.3. The van der Waals surface area contributed by atoms with Crippen molar-refractivity contribution in [2.45, 2.75) is 25.6 Å². The van der Waals surface area contributed by atoms with Gasteiger partial charge >= 0.3 is 12.1 Å². The van der Waals surface area contributed by atoms with Gasteiger partial charge in [-0.15, -0.1) is 0 Å². The Labute approximate surface area is 126 Å². The third-order valence-electron chi connectivity index (χ3n) is 3.73. The molecule has 1 heterocycles. The van der Waals surface area contributed by atoms with Crippen LogP contribution in [-0.2, 0) is 15.7 Å². The quantitative estimate of drug-likeness (QED) is 0.800. The van der Waals surface area contributed by atoms with Crippen molar-refractivity contribution >= 4 is 11.7 Å². The van der Waals surface area contributed by atoms with Gasteiger partial charge in [-0.2, -0.15) is 13.2 Å². The minimum Gasteiger partial charge on any atom is -0.465 e. The van der Waals surface area contributed by atoms with Crippen LogP contribution in [0.5, 0.6) is 0 Å². The SMILES string of the molecule is CCN(c1ccc(C(F)(F)F)cc1C(=O)OC)[C@@H]1CCOC1. The molecule has 122 valence electrons. The molecule has 0 aliphatic carbocycles. The van der Waals surface area contributed by atoms with E-state index in [0.717, 1.165) is 25.7 Å². The highest BCUT2D eigenvalue weighted by molar-refractivity contribution is 5.96. The summed E-state index contributed by atoms with van der Waals surface area (Å²) in [4.78, 5) is 13.8. The maximum Gasteiger partial charge on any atom is 0.416 e. The number of nitrogens with zero attached hydrogens (tertiary/aromatic N) is 1. The van der Waals surface area contributed by atoms with Crippen LogP contribution >= 0.6 is 0 Å². The number of hydrogen-bond donors (Lipinski definition) is 0. The van der Waals surface area contributed by atoms with Crippen LogP contribution in [0.1, 0.15) is 29.3 Å². The zero-order valence-electron chi connectivity index (χ0n) is 12.4. The van der Waals surface area contributed by atoms with Crippen molar-refractivity contribution < 1.29 is 27.4 Å². The van der Waals surface area contributed by atoms with E-state index >= 15 is 0 Å². The minimum atomic E-state index is -4.51. The standard InChI is InChI=1S/C15H18F3NO3/c1-3-19(11-6-7-22-9-11)13-5-4-10(15(16,17)18)8-12(13)14(20)21-2/h4-5,8,11H,3,6-7,9H2,1-2H3/t11-/m1/s1. The summed E-state index contributed by atoms with van der Waals surface area (Å²) in [7, 11) is 1.15. The van der Waals surface area contributed by atoms with Gasteiger partial charge in [-0.05, 0) is 31.5 Å². The molecule has 0 radical (unpaired) electrons. The van der Waals surface area contributed by atoms with Crippen LogP contribution in [0.2, 0.25) is 0 Å². The number of benzene rings is 1. The Balaban J connectivity index is 2.46. The first kappa shape index (κ1) is 16.6. The Morgan fingerprint density at radius 1 is 1.45 bits per heavy atom. The average molecular weight is 317 g/mol. The molecule has 0 amide bonds. The van der Waals surface area contributed by atoms with E-state index in [1.807, 2.05) is 11.8 Å². The smallest absolute Gasteiger partial charge is 0.416 e. The number of hydrogen-bond acceptors (Lipinski definition) is 4. The summed E-state index contributed by atoms with van der Waals surface area (Å²) < 4.78 is 48.6. The van der Waals surface area contributed by atoms with Gasteiger partial charge in [0.2, 0.25) is 0 Å². The van der Waals surface area contributed by atoms with Gasteiger partial charge in [0.15, 0.2) is 0 Å². The third-order valence-corrected chi connectivity index (χ3v) is 3.73. The van der Waals surface area contributed by atoms with Crippen LogP contribution < -0.4 is 4.90 Å². The summed E-state index contributed by atoms with van der Waals surface area (Å²) in [6.07, 6.45) is -3.73. The van der Waals surface area contributed by atoms with Crippen LogP contribution in [0.15, 0.2) is 18.2 Å². The first-order chi connectivity index (χ1) is 10.4. The molecule has 0 bridgehead atoms. The summed E-state index contributed by atoms with van der Waals surface area (Å²) in [5.41, 5.74) is -0.501. The van der Waals surface area contributed by atoms with Gasteiger partial charge in [-0.3, -0.25) is 0 Å². The number of carbonyl (C=O) groups excluding carboxylic acids is 1. The number of anilines is 1. The largest absolute Gasteiger partial charge is 0.465 e. The number of halogens is 3. The molecule has 22 heavy (non-hydrogen) atoms. The molecule has 1 aliphatic heterocycles. The average Bonchev–Trinajstić information content (AvgIpc) is 3.00. The van der Waals surface area contributed by atoms with Crippen molar-refractivity contribution in [2.24, 2.45) is 0 Å². The second-order valence-electron chi connectivity index (χ2n) is 5.02. The van der Waals surface area contributed by atoms with Crippen LogP contribution in [-0.4, -0.2) is 38.9 Å². The number of methoxy groups -OCH3 is 1. The minimum absolute atomic E-state index is 0.0464. The van der Waals surface area contributed by atoms with Gasteiger partial charge in [0, 0.05) is 13.2 Å². The Morgan fingerprint density at radius 2 is 2.18 bits per heavy atom. The molecule has 1 atom stereocenters. The second kappa shape index (κ2) is 6.56. The lowest BCUT2D eigenvalue weighted by atomic mass is 10.0. The molecule has 0 N–H and O–H groups in total. The van der Waals surface area contributed by atoms with E-state index in [4.69, 9.17) is 4.74 Å². The number of carbonyl (C=O) groups is 1. The molecular weight excluding hydrogens is 299 g/mol. The highest BCUT2D eigenvalue weighted by Crippen LogP contribution is 2.34. The van der Waals surface area contributed by atoms with Gasteiger partial charge in [0.05, 0.1) is 36.6 Å². The lowest BCUT2D eigenvalue weighted by Crippen LogP contribution is -2.36. The molecule has 0 saturated carbocycles. The van der Waals surface area contributed by atoms with Crippen LogP contribution in [0.4, 0.5) is 18.9 Å². The molecule has 1 fully saturated rings. The van der Waals surface area contributed by atoms with E-state index in [9.17, 15) is 18.0 Å². The number of alkyl halides is 3. The fourth-order valence-corrected chi connectivity index (χ4v) is 2.63. The van der Waals surface area contributed by atoms with E-state index in [1.165, 1.54) is 6.07 Å². The van der Waals surface area contributed by atoms with Crippen molar-refractivity contribution in [3.05, 3.63) is 29.3 Å². The van der Waals surface area contributed by atoms with Crippen molar-refractivity contribution in [3.8, 4) is 0 Å². The lowest BCUT2D eigenvalue weighted by Gasteiger charge is -2.30. The van der Waals surface area contributed by atoms with Crippen LogP contribution in [0, 0.1) is 0 Å². The maximum absolute atomic E-state index is 12.9. The van der Waals surface area contributed by atoms with Gasteiger partial charge in [-0.1, -0.05) is 0 Å². The molecule has 7 heteroatoms. The number of likely N-dealkylation sites (N-methyl/N-ethyl adjacent to an activating group) is 1.